The van der Waals surface area contributed by atoms with Crippen molar-refractivity contribution in [1.82, 2.24) is 15.3 Å². The van der Waals surface area contributed by atoms with Crippen LogP contribution in [0.1, 0.15) is 42.5 Å². The molecule has 1 amide bonds. The second-order valence-corrected chi connectivity index (χ2v) is 6.38. The summed E-state index contributed by atoms with van der Waals surface area (Å²) in [6.45, 7) is 0.411. The summed E-state index contributed by atoms with van der Waals surface area (Å²) >= 11 is 0. The van der Waals surface area contributed by atoms with E-state index in [1.54, 1.807) is 18.2 Å². The molecule has 0 bridgehead atoms. The first kappa shape index (κ1) is 16.4. The Hall–Kier alpha value is -2.41. The van der Waals surface area contributed by atoms with Gasteiger partial charge in [-0.25, -0.2) is 0 Å². The number of H-pyrrole nitrogens is 2. The zero-order chi connectivity index (χ0) is 17.1. The molecule has 1 heterocycles. The number of aromatic nitrogens is 2. The highest BCUT2D eigenvalue weighted by Gasteiger charge is 2.24. The highest BCUT2D eigenvalue weighted by Crippen LogP contribution is 2.26. The number of fused-ring (bicyclic) bond motifs is 1. The summed E-state index contributed by atoms with van der Waals surface area (Å²) in [6, 6.07) is 4.76. The lowest BCUT2D eigenvalue weighted by atomic mass is 9.84. The molecule has 0 saturated heterocycles. The van der Waals surface area contributed by atoms with Gasteiger partial charge in [-0.05, 0) is 37.0 Å². The van der Waals surface area contributed by atoms with Gasteiger partial charge < -0.3 is 21.0 Å². The quantitative estimate of drug-likeness (QED) is 0.621. The minimum absolute atomic E-state index is 0.0388. The molecule has 0 aliphatic heterocycles. The fourth-order valence-corrected chi connectivity index (χ4v) is 3.41. The fraction of sp³-hybridized carbons (Fsp3) is 0.471. The molecule has 3 rings (SSSR count). The molecule has 7 nitrogen and oxygen atoms in total. The summed E-state index contributed by atoms with van der Waals surface area (Å²) in [5.74, 6) is 0.203. The van der Waals surface area contributed by atoms with E-state index >= 15 is 0 Å². The zero-order valence-electron chi connectivity index (χ0n) is 13.4. The number of amides is 1. The Morgan fingerprint density at radius 2 is 1.79 bits per heavy atom. The molecule has 1 aliphatic carbocycles. The van der Waals surface area contributed by atoms with E-state index in [4.69, 9.17) is 5.73 Å². The summed E-state index contributed by atoms with van der Waals surface area (Å²) in [4.78, 5) is 40.2. The minimum Gasteiger partial charge on any atom is -0.348 e. The topological polar surface area (TPSA) is 121 Å². The van der Waals surface area contributed by atoms with Gasteiger partial charge in [0.05, 0.1) is 11.0 Å². The number of carbonyl (C=O) groups excluding carboxylic acids is 1. The standard InChI is InChI=1S/C17H22N4O3/c18-9-14(10-4-2-1-3-5-10)21-15(22)11-6-7-12-13(8-11)20-17(24)16(23)19-12/h6-8,10,14H,1-5,9,18H2,(H,19,23)(H,20,24)(H,21,22). The molecule has 2 aromatic rings. The number of carbonyl (C=O) groups is 1. The van der Waals surface area contributed by atoms with Crippen molar-refractivity contribution in [3.8, 4) is 0 Å². The fourth-order valence-electron chi connectivity index (χ4n) is 3.41. The van der Waals surface area contributed by atoms with Crippen LogP contribution in [0.2, 0.25) is 0 Å². The van der Waals surface area contributed by atoms with Gasteiger partial charge >= 0.3 is 11.1 Å². The van der Waals surface area contributed by atoms with Crippen LogP contribution in [0.3, 0.4) is 0 Å². The SMILES string of the molecule is NCC(NC(=O)c1ccc2[nH]c(=O)c(=O)[nH]c2c1)C1CCCCC1. The molecule has 1 unspecified atom stereocenters. The molecule has 0 radical (unpaired) electrons. The summed E-state index contributed by atoms with van der Waals surface area (Å²) < 4.78 is 0. The maximum absolute atomic E-state index is 12.5. The van der Waals surface area contributed by atoms with Crippen molar-refractivity contribution < 1.29 is 4.79 Å². The van der Waals surface area contributed by atoms with Crippen LogP contribution in [-0.4, -0.2) is 28.5 Å². The van der Waals surface area contributed by atoms with Gasteiger partial charge in [0.2, 0.25) is 0 Å². The normalized spacial score (nSPS) is 16.9. The Bertz CT molecular complexity index is 849. The maximum Gasteiger partial charge on any atom is 0.314 e. The molecule has 5 N–H and O–H groups in total. The van der Waals surface area contributed by atoms with Crippen molar-refractivity contribution in [3.63, 3.8) is 0 Å². The summed E-state index contributed by atoms with van der Waals surface area (Å²) in [6.07, 6.45) is 5.80. The second kappa shape index (κ2) is 7.00. The molecular formula is C17H22N4O3. The van der Waals surface area contributed by atoms with Gasteiger partial charge in [0, 0.05) is 18.2 Å². The van der Waals surface area contributed by atoms with Gasteiger partial charge in [-0.3, -0.25) is 14.4 Å². The number of nitrogens with two attached hydrogens (primary N) is 1. The molecule has 1 atom stereocenters. The molecule has 24 heavy (non-hydrogen) atoms. The summed E-state index contributed by atoms with van der Waals surface area (Å²) in [5, 5.41) is 3.02. The van der Waals surface area contributed by atoms with Gasteiger partial charge in [-0.15, -0.1) is 0 Å². The van der Waals surface area contributed by atoms with Crippen LogP contribution in [0.25, 0.3) is 11.0 Å². The van der Waals surface area contributed by atoms with E-state index in [0.717, 1.165) is 12.8 Å². The molecular weight excluding hydrogens is 308 g/mol. The van der Waals surface area contributed by atoms with E-state index in [0.29, 0.717) is 29.1 Å². The largest absolute Gasteiger partial charge is 0.348 e. The zero-order valence-corrected chi connectivity index (χ0v) is 13.4. The van der Waals surface area contributed by atoms with E-state index in [1.807, 2.05) is 0 Å². The van der Waals surface area contributed by atoms with Gasteiger partial charge in [0.1, 0.15) is 0 Å². The van der Waals surface area contributed by atoms with E-state index in [9.17, 15) is 14.4 Å². The third kappa shape index (κ3) is 3.41. The average Bonchev–Trinajstić information content (AvgIpc) is 2.60. The van der Waals surface area contributed by atoms with Crippen molar-refractivity contribution in [3.05, 3.63) is 44.5 Å². The van der Waals surface area contributed by atoms with Crippen molar-refractivity contribution in [1.29, 1.82) is 0 Å². The summed E-state index contributed by atoms with van der Waals surface area (Å²) in [7, 11) is 0. The summed E-state index contributed by atoms with van der Waals surface area (Å²) in [5.41, 5.74) is 5.75. The van der Waals surface area contributed by atoms with Gasteiger partial charge in [0.25, 0.3) is 5.91 Å². The maximum atomic E-state index is 12.5. The Labute approximate surface area is 138 Å². The Balaban J connectivity index is 1.81. The monoisotopic (exact) mass is 330 g/mol. The molecule has 1 saturated carbocycles. The van der Waals surface area contributed by atoms with Crippen molar-refractivity contribution >= 4 is 16.9 Å². The van der Waals surface area contributed by atoms with Crippen LogP contribution in [0.4, 0.5) is 0 Å². The molecule has 1 aliphatic rings. The first-order valence-electron chi connectivity index (χ1n) is 8.36. The Morgan fingerprint density at radius 1 is 1.12 bits per heavy atom. The average molecular weight is 330 g/mol. The first-order valence-corrected chi connectivity index (χ1v) is 8.36. The lowest BCUT2D eigenvalue weighted by molar-refractivity contribution is 0.0915. The van der Waals surface area contributed by atoms with E-state index in [2.05, 4.69) is 15.3 Å². The number of aromatic amines is 2. The number of benzene rings is 1. The van der Waals surface area contributed by atoms with Gasteiger partial charge in [-0.1, -0.05) is 19.3 Å². The van der Waals surface area contributed by atoms with Crippen molar-refractivity contribution in [2.24, 2.45) is 11.7 Å². The van der Waals surface area contributed by atoms with Gasteiger partial charge in [0.15, 0.2) is 0 Å². The van der Waals surface area contributed by atoms with Crippen molar-refractivity contribution in [2.45, 2.75) is 38.1 Å². The molecule has 7 heteroatoms. The van der Waals surface area contributed by atoms with Gasteiger partial charge in [-0.2, -0.15) is 0 Å². The third-order valence-electron chi connectivity index (χ3n) is 4.77. The number of nitrogens with one attached hydrogen (secondary N) is 3. The van der Waals surface area contributed by atoms with Crippen LogP contribution >= 0.6 is 0 Å². The van der Waals surface area contributed by atoms with E-state index < -0.39 is 11.1 Å². The first-order chi connectivity index (χ1) is 11.6. The van der Waals surface area contributed by atoms with E-state index in [-0.39, 0.29) is 11.9 Å². The number of hydrogen-bond donors (Lipinski definition) is 4. The van der Waals surface area contributed by atoms with Crippen LogP contribution < -0.4 is 22.2 Å². The highest BCUT2D eigenvalue weighted by atomic mass is 16.2. The van der Waals surface area contributed by atoms with Crippen LogP contribution in [0.5, 0.6) is 0 Å². The van der Waals surface area contributed by atoms with Crippen LogP contribution in [0.15, 0.2) is 27.8 Å². The molecule has 0 spiro atoms. The van der Waals surface area contributed by atoms with Crippen LogP contribution in [-0.2, 0) is 0 Å². The molecule has 1 aromatic carbocycles. The van der Waals surface area contributed by atoms with E-state index in [1.165, 1.54) is 19.3 Å². The smallest absolute Gasteiger partial charge is 0.314 e. The molecule has 128 valence electrons. The predicted molar refractivity (Wildman–Crippen MR) is 92.1 cm³/mol. The number of rotatable bonds is 4. The molecule has 1 fully saturated rings. The number of hydrogen-bond acceptors (Lipinski definition) is 4. The minimum atomic E-state index is -0.734. The molecule has 1 aromatic heterocycles. The lowest BCUT2D eigenvalue weighted by Gasteiger charge is -2.30. The lowest BCUT2D eigenvalue weighted by Crippen LogP contribution is -2.45. The predicted octanol–water partition coefficient (Wildman–Crippen LogP) is 0.854. The second-order valence-electron chi connectivity index (χ2n) is 6.38. The highest BCUT2D eigenvalue weighted by molar-refractivity contribution is 5.97. The Kier molecular flexibility index (Phi) is 4.80. The van der Waals surface area contributed by atoms with Crippen LogP contribution in [0, 0.1) is 5.92 Å². The van der Waals surface area contributed by atoms with Crippen molar-refractivity contribution in [2.75, 3.05) is 6.54 Å². The third-order valence-corrected chi connectivity index (χ3v) is 4.77. The Morgan fingerprint density at radius 3 is 2.46 bits per heavy atom.